The summed E-state index contributed by atoms with van der Waals surface area (Å²) in [4.78, 5) is 15.6. The van der Waals surface area contributed by atoms with Crippen molar-refractivity contribution in [3.05, 3.63) is 12.7 Å². The van der Waals surface area contributed by atoms with Crippen molar-refractivity contribution >= 4 is 22.9 Å². The second-order valence-corrected chi connectivity index (χ2v) is 6.19. The molecule has 112 valence electrons. The third-order valence-electron chi connectivity index (χ3n) is 3.26. The zero-order valence-electron chi connectivity index (χ0n) is 12.4. The molecule has 0 saturated carbocycles. The van der Waals surface area contributed by atoms with E-state index in [0.29, 0.717) is 5.65 Å². The molecular weight excluding hydrogens is 284 g/mol. The Bertz CT molecular complexity index is 619. The summed E-state index contributed by atoms with van der Waals surface area (Å²) in [5, 5.41) is 13.5. The number of nitrogens with one attached hydrogen (secondary N) is 2. The average molecular weight is 304 g/mol. The summed E-state index contributed by atoms with van der Waals surface area (Å²) < 4.78 is 0. The Morgan fingerprint density at radius 2 is 2.29 bits per heavy atom. The van der Waals surface area contributed by atoms with Crippen LogP contribution in [0.15, 0.2) is 17.7 Å². The molecule has 2 heterocycles. The fourth-order valence-corrected chi connectivity index (χ4v) is 2.93. The van der Waals surface area contributed by atoms with E-state index in [1.165, 1.54) is 6.33 Å². The first-order chi connectivity index (χ1) is 10.2. The van der Waals surface area contributed by atoms with Gasteiger partial charge in [-0.2, -0.15) is 5.26 Å². The van der Waals surface area contributed by atoms with Crippen molar-refractivity contribution in [3.8, 4) is 6.07 Å². The molecule has 1 unspecified atom stereocenters. The molecule has 6 nitrogen and oxygen atoms in total. The van der Waals surface area contributed by atoms with Gasteiger partial charge in [0.25, 0.3) is 0 Å². The van der Waals surface area contributed by atoms with Crippen LogP contribution in [0.25, 0.3) is 11.2 Å². The molecule has 2 aromatic rings. The van der Waals surface area contributed by atoms with Gasteiger partial charge in [0.2, 0.25) is 0 Å². The van der Waals surface area contributed by atoms with Crippen molar-refractivity contribution in [2.75, 3.05) is 12.3 Å². The van der Waals surface area contributed by atoms with Gasteiger partial charge in [0.05, 0.1) is 12.4 Å². The molecule has 0 aromatic carbocycles. The Labute approximate surface area is 128 Å². The first kappa shape index (κ1) is 15.7. The van der Waals surface area contributed by atoms with E-state index >= 15 is 0 Å². The first-order valence-electron chi connectivity index (χ1n) is 7.11. The minimum atomic E-state index is -0.439. The van der Waals surface area contributed by atoms with Crippen molar-refractivity contribution < 1.29 is 0 Å². The summed E-state index contributed by atoms with van der Waals surface area (Å²) in [6, 6.07) is 2.38. The Balaban J connectivity index is 1.84. The largest absolute Gasteiger partial charge is 0.341 e. The number of H-pyrrole nitrogens is 1. The lowest BCUT2D eigenvalue weighted by atomic mass is 9.98. The number of hydrogen-bond donors (Lipinski definition) is 2. The van der Waals surface area contributed by atoms with Gasteiger partial charge in [-0.25, -0.2) is 15.0 Å². The van der Waals surface area contributed by atoms with Crippen molar-refractivity contribution in [2.45, 2.75) is 43.7 Å². The van der Waals surface area contributed by atoms with E-state index in [1.54, 1.807) is 18.1 Å². The number of nitrogens with zero attached hydrogens (tertiary/aromatic N) is 4. The Morgan fingerprint density at radius 1 is 1.43 bits per heavy atom. The van der Waals surface area contributed by atoms with Gasteiger partial charge >= 0.3 is 0 Å². The van der Waals surface area contributed by atoms with E-state index in [2.05, 4.69) is 38.2 Å². The van der Waals surface area contributed by atoms with E-state index in [9.17, 15) is 5.26 Å². The van der Waals surface area contributed by atoms with Gasteiger partial charge in [0.15, 0.2) is 5.65 Å². The third kappa shape index (κ3) is 4.16. The van der Waals surface area contributed by atoms with Gasteiger partial charge in [-0.15, -0.1) is 11.8 Å². The first-order valence-corrected chi connectivity index (χ1v) is 8.10. The zero-order valence-corrected chi connectivity index (χ0v) is 13.2. The molecule has 0 radical (unpaired) electrons. The van der Waals surface area contributed by atoms with Crippen LogP contribution in [0.3, 0.4) is 0 Å². The highest BCUT2D eigenvalue weighted by Crippen LogP contribution is 2.24. The summed E-state index contributed by atoms with van der Waals surface area (Å²) in [5.41, 5.74) is 1.14. The lowest BCUT2D eigenvalue weighted by Gasteiger charge is -2.22. The van der Waals surface area contributed by atoms with Crippen molar-refractivity contribution in [1.29, 1.82) is 5.26 Å². The standard InChI is InChI=1S/C14H20N6S/c1-3-6-20-14(2,8-15)5-4-7-21-13-11-12(17-9-16-11)18-10-19-13/h9-10,20H,3-7H2,1-2H3,(H,16,17,18,19). The number of aromatic amines is 1. The monoisotopic (exact) mass is 304 g/mol. The molecule has 0 spiro atoms. The zero-order chi connectivity index (χ0) is 15.1. The Hall–Kier alpha value is -1.65. The van der Waals surface area contributed by atoms with Crippen LogP contribution in [0.5, 0.6) is 0 Å². The number of aromatic nitrogens is 4. The smallest absolute Gasteiger partial charge is 0.181 e. The highest BCUT2D eigenvalue weighted by Gasteiger charge is 2.21. The predicted octanol–water partition coefficient (Wildman–Crippen LogP) is 2.51. The van der Waals surface area contributed by atoms with Gasteiger partial charge in [-0.05, 0) is 38.5 Å². The molecule has 0 aliphatic rings. The molecule has 2 aromatic heterocycles. The number of nitriles is 1. The van der Waals surface area contributed by atoms with E-state index in [0.717, 1.165) is 42.1 Å². The highest BCUT2D eigenvalue weighted by molar-refractivity contribution is 7.99. The molecule has 2 N–H and O–H groups in total. The van der Waals surface area contributed by atoms with Crippen LogP contribution < -0.4 is 5.32 Å². The van der Waals surface area contributed by atoms with Crippen LogP contribution in [0.1, 0.15) is 33.1 Å². The van der Waals surface area contributed by atoms with Gasteiger partial charge in [-0.1, -0.05) is 6.92 Å². The van der Waals surface area contributed by atoms with Crippen molar-refractivity contribution in [3.63, 3.8) is 0 Å². The number of rotatable bonds is 8. The second-order valence-electron chi connectivity index (χ2n) is 5.10. The predicted molar refractivity (Wildman–Crippen MR) is 84.0 cm³/mol. The second kappa shape index (κ2) is 7.38. The van der Waals surface area contributed by atoms with Crippen LogP contribution in [0.4, 0.5) is 0 Å². The van der Waals surface area contributed by atoms with Crippen LogP contribution in [0.2, 0.25) is 0 Å². The fraction of sp³-hybridized carbons (Fsp3) is 0.571. The Kier molecular flexibility index (Phi) is 5.53. The fourth-order valence-electron chi connectivity index (χ4n) is 2.03. The molecule has 0 fully saturated rings. The molecule has 21 heavy (non-hydrogen) atoms. The lowest BCUT2D eigenvalue weighted by molar-refractivity contribution is 0.415. The molecule has 0 aliphatic heterocycles. The third-order valence-corrected chi connectivity index (χ3v) is 4.34. The molecule has 0 saturated heterocycles. The summed E-state index contributed by atoms with van der Waals surface area (Å²) in [6.07, 6.45) is 5.97. The van der Waals surface area contributed by atoms with Crippen molar-refractivity contribution in [2.24, 2.45) is 0 Å². The summed E-state index contributed by atoms with van der Waals surface area (Å²) in [6.45, 7) is 4.94. The molecular formula is C14H20N6S. The molecule has 1 atom stereocenters. The highest BCUT2D eigenvalue weighted by atomic mass is 32.2. The molecule has 0 aliphatic carbocycles. The quantitative estimate of drug-likeness (QED) is 0.442. The topological polar surface area (TPSA) is 90.3 Å². The van der Waals surface area contributed by atoms with Crippen molar-refractivity contribution in [1.82, 2.24) is 25.3 Å². The molecule has 2 rings (SSSR count). The summed E-state index contributed by atoms with van der Waals surface area (Å²) in [5.74, 6) is 0.913. The van der Waals surface area contributed by atoms with Crippen LogP contribution in [0, 0.1) is 11.3 Å². The van der Waals surface area contributed by atoms with Crippen LogP contribution >= 0.6 is 11.8 Å². The van der Waals surface area contributed by atoms with E-state index in [4.69, 9.17) is 0 Å². The minimum Gasteiger partial charge on any atom is -0.341 e. The number of fused-ring (bicyclic) bond motifs is 1. The Morgan fingerprint density at radius 3 is 3.05 bits per heavy atom. The van der Waals surface area contributed by atoms with Gasteiger partial charge in [0.1, 0.15) is 22.4 Å². The summed E-state index contributed by atoms with van der Waals surface area (Å²) >= 11 is 1.67. The van der Waals surface area contributed by atoms with Gasteiger partial charge in [-0.3, -0.25) is 5.32 Å². The van der Waals surface area contributed by atoms with Crippen LogP contribution in [-0.2, 0) is 0 Å². The van der Waals surface area contributed by atoms with E-state index < -0.39 is 5.54 Å². The molecule has 0 bridgehead atoms. The van der Waals surface area contributed by atoms with Gasteiger partial charge in [0, 0.05) is 0 Å². The maximum Gasteiger partial charge on any atom is 0.181 e. The maximum absolute atomic E-state index is 9.29. The van der Waals surface area contributed by atoms with Crippen LogP contribution in [-0.4, -0.2) is 37.8 Å². The van der Waals surface area contributed by atoms with E-state index in [1.807, 2.05) is 6.92 Å². The van der Waals surface area contributed by atoms with Gasteiger partial charge < -0.3 is 4.98 Å². The van der Waals surface area contributed by atoms with E-state index in [-0.39, 0.29) is 0 Å². The maximum atomic E-state index is 9.29. The average Bonchev–Trinajstić information content (AvgIpc) is 2.99. The molecule has 7 heteroatoms. The normalized spacial score (nSPS) is 14.0. The number of hydrogen-bond acceptors (Lipinski definition) is 6. The minimum absolute atomic E-state index is 0.439. The lowest BCUT2D eigenvalue weighted by Crippen LogP contribution is -2.41. The molecule has 0 amide bonds. The number of thioether (sulfide) groups is 1. The summed E-state index contributed by atoms with van der Waals surface area (Å²) in [7, 11) is 0. The SMILES string of the molecule is CCCNC(C)(C#N)CCCSc1ncnc2nc[nH]c12. The number of imidazole rings is 1.